The summed E-state index contributed by atoms with van der Waals surface area (Å²) in [5.74, 6) is 1.04. The minimum absolute atomic E-state index is 0.0122. The predicted octanol–water partition coefficient (Wildman–Crippen LogP) is 2.49. The number of halogens is 3. The molecule has 1 aliphatic rings. The fraction of sp³-hybridized carbons (Fsp3) is 0.800. The van der Waals surface area contributed by atoms with Gasteiger partial charge in [-0.3, -0.25) is 0 Å². The Bertz CT molecular complexity index is 231. The molecule has 4 heteroatoms. The van der Waals surface area contributed by atoms with Crippen molar-refractivity contribution < 1.29 is 18.3 Å². The quantitative estimate of drug-likeness (QED) is 0.653. The zero-order valence-electron chi connectivity index (χ0n) is 7.77. The van der Waals surface area contributed by atoms with Crippen molar-refractivity contribution in [3.63, 3.8) is 0 Å². The topological polar surface area (TPSA) is 20.2 Å². The van der Waals surface area contributed by atoms with E-state index in [1.807, 2.05) is 0 Å². The molecule has 14 heavy (non-hydrogen) atoms. The van der Waals surface area contributed by atoms with Gasteiger partial charge in [0.1, 0.15) is 0 Å². The number of hydrogen-bond acceptors (Lipinski definition) is 1. The van der Waals surface area contributed by atoms with Crippen LogP contribution in [0.1, 0.15) is 32.1 Å². The van der Waals surface area contributed by atoms with E-state index in [0.29, 0.717) is 0 Å². The van der Waals surface area contributed by atoms with E-state index in [-0.39, 0.29) is 32.1 Å². The molecule has 1 rings (SSSR count). The molecule has 1 nitrogen and oxygen atoms in total. The largest absolute Gasteiger partial charge is 0.391 e. The van der Waals surface area contributed by atoms with E-state index in [9.17, 15) is 18.3 Å². The third-order valence-corrected chi connectivity index (χ3v) is 2.81. The summed E-state index contributed by atoms with van der Waals surface area (Å²) in [6.07, 6.45) is 1.34. The smallest absolute Gasteiger partial charge is 0.389 e. The van der Waals surface area contributed by atoms with Crippen molar-refractivity contribution >= 4 is 0 Å². The third-order valence-electron chi connectivity index (χ3n) is 2.81. The summed E-state index contributed by atoms with van der Waals surface area (Å²) in [4.78, 5) is 0. The standard InChI is InChI=1S/C10H13F3O/c1-2-5-9(14)6-3-8(4-7-9)10(11,12)13/h1,8,14H,3-7H2. The van der Waals surface area contributed by atoms with Crippen LogP contribution in [0, 0.1) is 18.3 Å². The van der Waals surface area contributed by atoms with Crippen LogP contribution in [0.2, 0.25) is 0 Å². The van der Waals surface area contributed by atoms with Gasteiger partial charge in [0.2, 0.25) is 0 Å². The number of terminal acetylenes is 1. The summed E-state index contributed by atoms with van der Waals surface area (Å²) >= 11 is 0. The lowest BCUT2D eigenvalue weighted by Gasteiger charge is -2.35. The lowest BCUT2D eigenvalue weighted by molar-refractivity contribution is -0.191. The van der Waals surface area contributed by atoms with Gasteiger partial charge in [-0.2, -0.15) is 13.2 Å². The first-order valence-corrected chi connectivity index (χ1v) is 4.60. The van der Waals surface area contributed by atoms with E-state index in [4.69, 9.17) is 6.42 Å². The lowest BCUT2D eigenvalue weighted by atomic mass is 9.77. The molecule has 1 aliphatic carbocycles. The average molecular weight is 206 g/mol. The van der Waals surface area contributed by atoms with E-state index in [2.05, 4.69) is 5.92 Å². The Labute approximate surface area is 81.3 Å². The summed E-state index contributed by atoms with van der Waals surface area (Å²) in [5.41, 5.74) is -1.06. The Morgan fingerprint density at radius 1 is 1.36 bits per heavy atom. The summed E-state index contributed by atoms with van der Waals surface area (Å²) in [6.45, 7) is 0. The molecule has 1 saturated carbocycles. The Morgan fingerprint density at radius 2 is 1.86 bits per heavy atom. The Balaban J connectivity index is 2.51. The summed E-state index contributed by atoms with van der Waals surface area (Å²) in [6, 6.07) is 0. The molecule has 0 spiro atoms. The first-order chi connectivity index (χ1) is 6.37. The van der Waals surface area contributed by atoms with Crippen molar-refractivity contribution in [2.45, 2.75) is 43.9 Å². The molecule has 0 amide bonds. The highest BCUT2D eigenvalue weighted by Gasteiger charge is 2.44. The van der Waals surface area contributed by atoms with E-state index in [1.165, 1.54) is 0 Å². The molecule has 0 aliphatic heterocycles. The molecule has 0 aromatic carbocycles. The van der Waals surface area contributed by atoms with Crippen LogP contribution in [0.3, 0.4) is 0 Å². The number of alkyl halides is 3. The van der Waals surface area contributed by atoms with Crippen molar-refractivity contribution in [1.29, 1.82) is 0 Å². The molecule has 0 unspecified atom stereocenters. The minimum atomic E-state index is -4.13. The second-order valence-corrected chi connectivity index (χ2v) is 3.92. The monoisotopic (exact) mass is 206 g/mol. The minimum Gasteiger partial charge on any atom is -0.389 e. The van der Waals surface area contributed by atoms with Crippen LogP contribution in [0.15, 0.2) is 0 Å². The lowest BCUT2D eigenvalue weighted by Crippen LogP contribution is -2.37. The fourth-order valence-corrected chi connectivity index (χ4v) is 1.85. The average Bonchev–Trinajstić information content (AvgIpc) is 2.03. The molecule has 1 N–H and O–H groups in total. The maximum atomic E-state index is 12.3. The van der Waals surface area contributed by atoms with E-state index < -0.39 is 17.7 Å². The normalized spacial score (nSPS) is 33.8. The molecule has 0 aromatic heterocycles. The van der Waals surface area contributed by atoms with Gasteiger partial charge >= 0.3 is 6.18 Å². The van der Waals surface area contributed by atoms with E-state index in [0.717, 1.165) is 0 Å². The summed E-state index contributed by atoms with van der Waals surface area (Å²) in [5, 5.41) is 9.74. The maximum absolute atomic E-state index is 12.3. The van der Waals surface area contributed by atoms with Gasteiger partial charge in [0.25, 0.3) is 0 Å². The molecule has 0 atom stereocenters. The molecule has 0 bridgehead atoms. The molecule has 0 radical (unpaired) electrons. The van der Waals surface area contributed by atoms with Crippen LogP contribution in [-0.4, -0.2) is 16.9 Å². The van der Waals surface area contributed by atoms with Crippen molar-refractivity contribution in [2.24, 2.45) is 5.92 Å². The van der Waals surface area contributed by atoms with Crippen molar-refractivity contribution in [3.8, 4) is 12.3 Å². The highest BCUT2D eigenvalue weighted by molar-refractivity contribution is 4.98. The van der Waals surface area contributed by atoms with Crippen LogP contribution in [0.5, 0.6) is 0 Å². The molecular weight excluding hydrogens is 193 g/mol. The van der Waals surface area contributed by atoms with Gasteiger partial charge in [-0.05, 0) is 25.7 Å². The van der Waals surface area contributed by atoms with Gasteiger partial charge in [-0.15, -0.1) is 12.3 Å². The van der Waals surface area contributed by atoms with Crippen LogP contribution in [0.25, 0.3) is 0 Å². The van der Waals surface area contributed by atoms with E-state index >= 15 is 0 Å². The first kappa shape index (κ1) is 11.4. The second-order valence-electron chi connectivity index (χ2n) is 3.92. The van der Waals surface area contributed by atoms with Gasteiger partial charge in [0.05, 0.1) is 11.5 Å². The number of aliphatic hydroxyl groups is 1. The van der Waals surface area contributed by atoms with Crippen molar-refractivity contribution in [1.82, 2.24) is 0 Å². The second kappa shape index (κ2) is 3.82. The fourth-order valence-electron chi connectivity index (χ4n) is 1.85. The predicted molar refractivity (Wildman–Crippen MR) is 46.4 cm³/mol. The van der Waals surface area contributed by atoms with Gasteiger partial charge in [-0.25, -0.2) is 0 Å². The van der Waals surface area contributed by atoms with Gasteiger partial charge in [0, 0.05) is 6.42 Å². The first-order valence-electron chi connectivity index (χ1n) is 4.60. The Hall–Kier alpha value is -0.690. The summed E-state index contributed by atoms with van der Waals surface area (Å²) < 4.78 is 36.8. The molecule has 1 fully saturated rings. The molecule has 80 valence electrons. The third kappa shape index (κ3) is 2.65. The number of hydrogen-bond donors (Lipinski definition) is 1. The zero-order chi connectivity index (χ0) is 10.8. The SMILES string of the molecule is C#CCC1(O)CCC(C(F)(F)F)CC1. The number of rotatable bonds is 1. The van der Waals surface area contributed by atoms with Crippen LogP contribution < -0.4 is 0 Å². The Morgan fingerprint density at radius 3 is 2.21 bits per heavy atom. The zero-order valence-corrected chi connectivity index (χ0v) is 7.77. The van der Waals surface area contributed by atoms with Crippen molar-refractivity contribution in [3.05, 3.63) is 0 Å². The maximum Gasteiger partial charge on any atom is 0.391 e. The van der Waals surface area contributed by atoms with Crippen molar-refractivity contribution in [2.75, 3.05) is 0 Å². The highest BCUT2D eigenvalue weighted by Crippen LogP contribution is 2.41. The molecule has 0 saturated heterocycles. The Kier molecular flexibility index (Phi) is 3.10. The van der Waals surface area contributed by atoms with E-state index in [1.54, 1.807) is 0 Å². The molecule has 0 heterocycles. The van der Waals surface area contributed by atoms with Gasteiger partial charge in [-0.1, -0.05) is 0 Å². The highest BCUT2D eigenvalue weighted by atomic mass is 19.4. The molecule has 0 aromatic rings. The summed E-state index contributed by atoms with van der Waals surface area (Å²) in [7, 11) is 0. The van der Waals surface area contributed by atoms with Crippen LogP contribution in [-0.2, 0) is 0 Å². The molecular formula is C10H13F3O. The van der Waals surface area contributed by atoms with Gasteiger partial charge in [0.15, 0.2) is 0 Å². The van der Waals surface area contributed by atoms with Crippen LogP contribution in [0.4, 0.5) is 13.2 Å². The van der Waals surface area contributed by atoms with Gasteiger partial charge < -0.3 is 5.11 Å². The van der Waals surface area contributed by atoms with Crippen LogP contribution >= 0.6 is 0 Å².